The molecule has 0 saturated carbocycles. The Bertz CT molecular complexity index is 674. The van der Waals surface area contributed by atoms with Crippen molar-refractivity contribution in [1.29, 1.82) is 0 Å². The molecule has 6 nitrogen and oxygen atoms in total. The molecule has 7 heteroatoms. The highest BCUT2D eigenvalue weighted by Crippen LogP contribution is 2.29. The molecule has 0 radical (unpaired) electrons. The van der Waals surface area contributed by atoms with Crippen molar-refractivity contribution in [3.63, 3.8) is 0 Å². The van der Waals surface area contributed by atoms with E-state index in [4.69, 9.17) is 0 Å². The molecule has 0 unspecified atom stereocenters. The molecule has 23 heavy (non-hydrogen) atoms. The van der Waals surface area contributed by atoms with E-state index in [0.717, 1.165) is 9.99 Å². The number of hydrogen-bond acceptors (Lipinski definition) is 4. The molecule has 0 heterocycles. The molecule has 130 valence electrons. The number of hydrogen-bond donors (Lipinski definition) is 1. The van der Waals surface area contributed by atoms with E-state index in [1.54, 1.807) is 12.1 Å². The summed E-state index contributed by atoms with van der Waals surface area (Å²) < 4.78 is 25.7. The molecule has 1 rings (SSSR count). The van der Waals surface area contributed by atoms with Crippen LogP contribution in [0.3, 0.4) is 0 Å². The second-order valence-corrected chi connectivity index (χ2v) is 9.30. The van der Waals surface area contributed by atoms with Gasteiger partial charge in [0.2, 0.25) is 15.9 Å². The van der Waals surface area contributed by atoms with Gasteiger partial charge in [0.05, 0.1) is 16.3 Å². The first-order valence-electron chi connectivity index (χ1n) is 7.38. The van der Waals surface area contributed by atoms with Gasteiger partial charge in [0.1, 0.15) is 0 Å². The van der Waals surface area contributed by atoms with Gasteiger partial charge in [-0.1, -0.05) is 20.8 Å². The normalized spacial score (nSPS) is 12.3. The minimum atomic E-state index is -3.55. The molecular weight excluding hydrogens is 314 g/mol. The van der Waals surface area contributed by atoms with E-state index in [1.165, 1.54) is 20.2 Å². The van der Waals surface area contributed by atoms with Gasteiger partial charge in [0.15, 0.2) is 0 Å². The molecule has 0 aliphatic heterocycles. The van der Waals surface area contributed by atoms with Crippen molar-refractivity contribution in [2.75, 3.05) is 38.4 Å². The van der Waals surface area contributed by atoms with Crippen molar-refractivity contribution in [2.24, 2.45) is 5.41 Å². The summed E-state index contributed by atoms with van der Waals surface area (Å²) in [7, 11) is 3.09. The maximum Gasteiger partial charge on any atom is 0.242 e. The van der Waals surface area contributed by atoms with Crippen LogP contribution in [0.15, 0.2) is 23.1 Å². The lowest BCUT2D eigenvalue weighted by atomic mass is 9.92. The minimum absolute atomic E-state index is 0.139. The SMILES string of the molecule is CN(C)c1ccc(S(=O)(=O)N(C)C)cc1NC(=O)CC(C)(C)C. The van der Waals surface area contributed by atoms with E-state index in [0.29, 0.717) is 12.1 Å². The number of rotatable bonds is 5. The first-order chi connectivity index (χ1) is 10.3. The summed E-state index contributed by atoms with van der Waals surface area (Å²) in [4.78, 5) is 14.2. The number of nitrogens with zero attached hydrogens (tertiary/aromatic N) is 2. The van der Waals surface area contributed by atoms with Crippen molar-refractivity contribution in [2.45, 2.75) is 32.1 Å². The van der Waals surface area contributed by atoms with Crippen LogP contribution in [0.4, 0.5) is 11.4 Å². The summed E-state index contributed by atoms with van der Waals surface area (Å²) in [5.74, 6) is -0.139. The van der Waals surface area contributed by atoms with Crippen LogP contribution in [0.2, 0.25) is 0 Å². The Balaban J connectivity index is 3.25. The van der Waals surface area contributed by atoms with Crippen LogP contribution in [0.1, 0.15) is 27.2 Å². The minimum Gasteiger partial charge on any atom is -0.376 e. The lowest BCUT2D eigenvalue weighted by Gasteiger charge is -2.22. The van der Waals surface area contributed by atoms with Crippen LogP contribution in [0.5, 0.6) is 0 Å². The lowest BCUT2D eigenvalue weighted by molar-refractivity contribution is -0.117. The maximum absolute atomic E-state index is 12.3. The lowest BCUT2D eigenvalue weighted by Crippen LogP contribution is -2.24. The Labute approximate surface area is 139 Å². The maximum atomic E-state index is 12.3. The van der Waals surface area contributed by atoms with E-state index < -0.39 is 10.0 Å². The fourth-order valence-electron chi connectivity index (χ4n) is 2.05. The summed E-state index contributed by atoms with van der Waals surface area (Å²) in [5, 5.41) is 2.84. The molecule has 0 aromatic heterocycles. The molecule has 0 spiro atoms. The summed E-state index contributed by atoms with van der Waals surface area (Å²) in [6.45, 7) is 5.94. The fraction of sp³-hybridized carbons (Fsp3) is 0.562. The van der Waals surface area contributed by atoms with E-state index in [-0.39, 0.29) is 16.2 Å². The average molecular weight is 341 g/mol. The van der Waals surface area contributed by atoms with Crippen molar-refractivity contribution < 1.29 is 13.2 Å². The largest absolute Gasteiger partial charge is 0.376 e. The molecule has 0 bridgehead atoms. The Morgan fingerprint density at radius 2 is 1.70 bits per heavy atom. The number of sulfonamides is 1. The third kappa shape index (κ3) is 5.21. The topological polar surface area (TPSA) is 69.7 Å². The van der Waals surface area contributed by atoms with Crippen LogP contribution in [0, 0.1) is 5.41 Å². The van der Waals surface area contributed by atoms with Gasteiger partial charge in [0.25, 0.3) is 0 Å². The molecular formula is C16H27N3O3S. The predicted octanol–water partition coefficient (Wildman–Crippen LogP) is 2.38. The highest BCUT2D eigenvalue weighted by molar-refractivity contribution is 7.89. The smallest absolute Gasteiger partial charge is 0.242 e. The van der Waals surface area contributed by atoms with Crippen molar-refractivity contribution >= 4 is 27.3 Å². The number of amides is 1. The zero-order valence-corrected chi connectivity index (χ0v) is 15.8. The van der Waals surface area contributed by atoms with E-state index in [1.807, 2.05) is 39.8 Å². The number of nitrogens with one attached hydrogen (secondary N) is 1. The van der Waals surface area contributed by atoms with Crippen molar-refractivity contribution in [3.05, 3.63) is 18.2 Å². The Hall–Kier alpha value is -1.60. The zero-order chi connectivity index (χ0) is 18.0. The van der Waals surface area contributed by atoms with E-state index in [9.17, 15) is 13.2 Å². The van der Waals surface area contributed by atoms with Gasteiger partial charge in [-0.05, 0) is 23.6 Å². The first kappa shape index (κ1) is 19.4. The van der Waals surface area contributed by atoms with Gasteiger partial charge in [-0.3, -0.25) is 4.79 Å². The van der Waals surface area contributed by atoms with Gasteiger partial charge in [-0.2, -0.15) is 0 Å². The first-order valence-corrected chi connectivity index (χ1v) is 8.82. The average Bonchev–Trinajstić information content (AvgIpc) is 2.35. The van der Waals surface area contributed by atoms with Gasteiger partial charge >= 0.3 is 0 Å². The second-order valence-electron chi connectivity index (χ2n) is 7.15. The second kappa shape index (κ2) is 6.88. The summed E-state index contributed by atoms with van der Waals surface area (Å²) in [5.41, 5.74) is 1.10. The van der Waals surface area contributed by atoms with Gasteiger partial charge in [-0.25, -0.2) is 12.7 Å². The van der Waals surface area contributed by atoms with Gasteiger partial charge < -0.3 is 10.2 Å². The third-order valence-electron chi connectivity index (χ3n) is 3.19. The van der Waals surface area contributed by atoms with Crippen LogP contribution >= 0.6 is 0 Å². The number of benzene rings is 1. The molecule has 1 aromatic rings. The van der Waals surface area contributed by atoms with Gasteiger partial charge in [-0.15, -0.1) is 0 Å². The monoisotopic (exact) mass is 341 g/mol. The molecule has 0 fully saturated rings. The molecule has 0 atom stereocenters. The molecule has 1 aromatic carbocycles. The standard InChI is InChI=1S/C16H27N3O3S/c1-16(2,3)11-15(20)17-13-10-12(23(21,22)19(6)7)8-9-14(13)18(4)5/h8-10H,11H2,1-7H3,(H,17,20). The molecule has 1 amide bonds. The number of anilines is 2. The predicted molar refractivity (Wildman–Crippen MR) is 94.3 cm³/mol. The van der Waals surface area contributed by atoms with E-state index in [2.05, 4.69) is 5.32 Å². The molecule has 0 aliphatic carbocycles. The Morgan fingerprint density at radius 3 is 2.13 bits per heavy atom. The zero-order valence-electron chi connectivity index (χ0n) is 15.0. The Morgan fingerprint density at radius 1 is 1.13 bits per heavy atom. The van der Waals surface area contributed by atoms with Crippen LogP contribution < -0.4 is 10.2 Å². The number of carbonyl (C=O) groups is 1. The number of carbonyl (C=O) groups excluding carboxylic acids is 1. The molecule has 1 N–H and O–H groups in total. The highest BCUT2D eigenvalue weighted by Gasteiger charge is 2.21. The van der Waals surface area contributed by atoms with Crippen LogP contribution in [-0.2, 0) is 14.8 Å². The Kier molecular flexibility index (Phi) is 5.82. The van der Waals surface area contributed by atoms with Crippen molar-refractivity contribution in [3.8, 4) is 0 Å². The molecule has 0 aliphatic rings. The van der Waals surface area contributed by atoms with Crippen LogP contribution in [0.25, 0.3) is 0 Å². The van der Waals surface area contributed by atoms with Crippen molar-refractivity contribution in [1.82, 2.24) is 4.31 Å². The summed E-state index contributed by atoms with van der Waals surface area (Å²) >= 11 is 0. The summed E-state index contributed by atoms with van der Waals surface area (Å²) in [6, 6.07) is 4.75. The fourth-order valence-corrected chi connectivity index (χ4v) is 2.98. The molecule has 0 saturated heterocycles. The third-order valence-corrected chi connectivity index (χ3v) is 5.00. The summed E-state index contributed by atoms with van der Waals surface area (Å²) in [6.07, 6.45) is 0.352. The van der Waals surface area contributed by atoms with E-state index >= 15 is 0 Å². The van der Waals surface area contributed by atoms with Crippen LogP contribution in [-0.4, -0.2) is 46.8 Å². The quantitative estimate of drug-likeness (QED) is 0.893. The van der Waals surface area contributed by atoms with Gasteiger partial charge in [0, 0.05) is 34.6 Å². The highest BCUT2D eigenvalue weighted by atomic mass is 32.2.